The van der Waals surface area contributed by atoms with Gasteiger partial charge in [-0.15, -0.1) is 0 Å². The minimum Gasteiger partial charge on any atom is -0.493 e. The zero-order valence-electron chi connectivity index (χ0n) is 16.0. The zero-order valence-corrected chi connectivity index (χ0v) is 18.2. The van der Waals surface area contributed by atoms with E-state index in [9.17, 15) is 4.79 Å². The Bertz CT molecular complexity index is 449. The van der Waals surface area contributed by atoms with E-state index in [0.717, 1.165) is 12.8 Å². The van der Waals surface area contributed by atoms with Gasteiger partial charge in [-0.2, -0.15) is 0 Å². The van der Waals surface area contributed by atoms with Gasteiger partial charge in [-0.25, -0.2) is 4.79 Å². The summed E-state index contributed by atoms with van der Waals surface area (Å²) >= 11 is 0. The molecule has 0 aromatic heterocycles. The molecule has 0 bridgehead atoms. The molecular weight excluding hydrogens is 340 g/mol. The van der Waals surface area contributed by atoms with Gasteiger partial charge >= 0.3 is 5.97 Å². The monoisotopic (exact) mass is 374 g/mol. The molecule has 0 aliphatic heterocycles. The number of carboxylic acid groups (broad SMARTS) is 1. The molecule has 0 fully saturated rings. The fourth-order valence-corrected chi connectivity index (χ4v) is 2.89. The molecule has 1 N–H and O–H groups in total. The largest absolute Gasteiger partial charge is 0.493 e. The molecule has 4 heteroatoms. The van der Waals surface area contributed by atoms with E-state index in [1.807, 2.05) is 6.07 Å². The standard InChI is InChI=1S/C21H34O3.Ca/c1-2-3-4-5-6-7-8-9-10-11-12-15-18-24-20-17-14-13-16-19(20)21(22)23;/h13-14,16-17H,2-12,15,18H2,1H3,(H,22,23);. The second-order valence-electron chi connectivity index (χ2n) is 6.54. The van der Waals surface area contributed by atoms with E-state index in [2.05, 4.69) is 6.92 Å². The SMILES string of the molecule is CCCCCCCCCCCCCCOc1ccccc1C(=O)O.[Ca]. The molecule has 2 radical (unpaired) electrons. The quantitative estimate of drug-likeness (QED) is 0.299. The molecule has 0 aliphatic rings. The average molecular weight is 375 g/mol. The number of aromatic carboxylic acids is 1. The third-order valence-corrected chi connectivity index (χ3v) is 4.37. The van der Waals surface area contributed by atoms with Crippen LogP contribution in [-0.2, 0) is 0 Å². The average Bonchev–Trinajstić information content (AvgIpc) is 2.59. The van der Waals surface area contributed by atoms with Crippen molar-refractivity contribution in [3.63, 3.8) is 0 Å². The molecule has 0 saturated carbocycles. The van der Waals surface area contributed by atoms with Crippen LogP contribution >= 0.6 is 0 Å². The summed E-state index contributed by atoms with van der Waals surface area (Å²) in [6.07, 6.45) is 15.7. The van der Waals surface area contributed by atoms with Gasteiger partial charge in [-0.05, 0) is 18.6 Å². The van der Waals surface area contributed by atoms with Crippen LogP contribution in [0.1, 0.15) is 94.3 Å². The molecule has 3 nitrogen and oxygen atoms in total. The first-order valence-corrected chi connectivity index (χ1v) is 9.70. The maximum atomic E-state index is 11.1. The van der Waals surface area contributed by atoms with Crippen molar-refractivity contribution in [2.24, 2.45) is 0 Å². The number of hydrogen-bond donors (Lipinski definition) is 1. The minimum absolute atomic E-state index is 0. The van der Waals surface area contributed by atoms with Crippen LogP contribution in [0.15, 0.2) is 24.3 Å². The van der Waals surface area contributed by atoms with Gasteiger partial charge in [0.25, 0.3) is 0 Å². The second-order valence-corrected chi connectivity index (χ2v) is 6.54. The van der Waals surface area contributed by atoms with Gasteiger partial charge in [-0.3, -0.25) is 0 Å². The Balaban J connectivity index is 0.00000576. The Morgan fingerprint density at radius 3 is 1.84 bits per heavy atom. The summed E-state index contributed by atoms with van der Waals surface area (Å²) in [6.45, 7) is 2.86. The summed E-state index contributed by atoms with van der Waals surface area (Å²) in [5, 5.41) is 9.09. The number of rotatable bonds is 15. The van der Waals surface area contributed by atoms with E-state index < -0.39 is 5.97 Å². The summed E-state index contributed by atoms with van der Waals surface area (Å²) in [5.74, 6) is -0.451. The van der Waals surface area contributed by atoms with E-state index in [1.165, 1.54) is 64.2 Å². The number of unbranched alkanes of at least 4 members (excludes halogenated alkanes) is 11. The maximum Gasteiger partial charge on any atom is 0.339 e. The normalized spacial score (nSPS) is 10.3. The van der Waals surface area contributed by atoms with Crippen LogP contribution in [-0.4, -0.2) is 55.4 Å². The molecule has 0 heterocycles. The summed E-state index contributed by atoms with van der Waals surface area (Å²) in [5.41, 5.74) is 0.247. The van der Waals surface area contributed by atoms with Crippen LogP contribution < -0.4 is 4.74 Å². The molecule has 0 saturated heterocycles. The molecule has 0 aliphatic carbocycles. The van der Waals surface area contributed by atoms with Crippen LogP contribution in [0.25, 0.3) is 0 Å². The maximum absolute atomic E-state index is 11.1. The van der Waals surface area contributed by atoms with E-state index in [-0.39, 0.29) is 43.3 Å². The predicted molar refractivity (Wildman–Crippen MR) is 106 cm³/mol. The van der Waals surface area contributed by atoms with Crippen molar-refractivity contribution < 1.29 is 14.6 Å². The predicted octanol–water partition coefficient (Wildman–Crippen LogP) is 6.08. The van der Waals surface area contributed by atoms with Gasteiger partial charge in [0.2, 0.25) is 0 Å². The van der Waals surface area contributed by atoms with Crippen LogP contribution in [0.4, 0.5) is 0 Å². The van der Waals surface area contributed by atoms with Crippen molar-refractivity contribution in [3.8, 4) is 5.75 Å². The van der Waals surface area contributed by atoms with E-state index in [0.29, 0.717) is 12.4 Å². The molecule has 0 spiro atoms. The number of hydrogen-bond acceptors (Lipinski definition) is 2. The first kappa shape index (κ1) is 24.7. The molecule has 138 valence electrons. The van der Waals surface area contributed by atoms with Crippen LogP contribution in [0.5, 0.6) is 5.75 Å². The van der Waals surface area contributed by atoms with Crippen molar-refractivity contribution in [2.75, 3.05) is 6.61 Å². The molecule has 0 amide bonds. The molecule has 0 unspecified atom stereocenters. The van der Waals surface area contributed by atoms with Gasteiger partial charge in [-0.1, -0.05) is 89.7 Å². The van der Waals surface area contributed by atoms with Gasteiger partial charge in [0.15, 0.2) is 0 Å². The molecule has 0 atom stereocenters. The van der Waals surface area contributed by atoms with Crippen LogP contribution in [0.3, 0.4) is 0 Å². The summed E-state index contributed by atoms with van der Waals surface area (Å²) in [4.78, 5) is 11.1. The Kier molecular flexibility index (Phi) is 17.0. The number of carboxylic acids is 1. The second kappa shape index (κ2) is 17.2. The Morgan fingerprint density at radius 2 is 1.32 bits per heavy atom. The van der Waals surface area contributed by atoms with Crippen molar-refractivity contribution >= 4 is 43.7 Å². The topological polar surface area (TPSA) is 46.5 Å². The van der Waals surface area contributed by atoms with Crippen molar-refractivity contribution in [3.05, 3.63) is 29.8 Å². The number of carbonyl (C=O) groups is 1. The molecule has 1 aromatic carbocycles. The van der Waals surface area contributed by atoms with Crippen molar-refractivity contribution in [1.29, 1.82) is 0 Å². The Hall–Kier alpha value is -0.250. The summed E-state index contributed by atoms with van der Waals surface area (Å²) < 4.78 is 5.61. The fourth-order valence-electron chi connectivity index (χ4n) is 2.89. The number of para-hydroxylation sites is 1. The van der Waals surface area contributed by atoms with Gasteiger partial charge < -0.3 is 9.84 Å². The molecule has 1 aromatic rings. The van der Waals surface area contributed by atoms with Crippen LogP contribution in [0, 0.1) is 0 Å². The zero-order chi connectivity index (χ0) is 17.5. The first-order valence-electron chi connectivity index (χ1n) is 9.70. The third-order valence-electron chi connectivity index (χ3n) is 4.37. The van der Waals surface area contributed by atoms with Crippen molar-refractivity contribution in [1.82, 2.24) is 0 Å². The molecule has 25 heavy (non-hydrogen) atoms. The molecule has 1 rings (SSSR count). The smallest absolute Gasteiger partial charge is 0.339 e. The van der Waals surface area contributed by atoms with E-state index >= 15 is 0 Å². The van der Waals surface area contributed by atoms with Gasteiger partial charge in [0.05, 0.1) is 6.61 Å². The third kappa shape index (κ3) is 12.7. The van der Waals surface area contributed by atoms with Crippen molar-refractivity contribution in [2.45, 2.75) is 84.0 Å². The minimum atomic E-state index is -0.930. The Morgan fingerprint density at radius 1 is 0.840 bits per heavy atom. The van der Waals surface area contributed by atoms with Gasteiger partial charge in [0, 0.05) is 37.7 Å². The number of benzene rings is 1. The Labute approximate surface area is 183 Å². The van der Waals surface area contributed by atoms with Gasteiger partial charge in [0.1, 0.15) is 11.3 Å². The van der Waals surface area contributed by atoms with Crippen LogP contribution in [0.2, 0.25) is 0 Å². The summed E-state index contributed by atoms with van der Waals surface area (Å²) in [7, 11) is 0. The number of ether oxygens (including phenoxy) is 1. The fraction of sp³-hybridized carbons (Fsp3) is 0.667. The van der Waals surface area contributed by atoms with E-state index in [4.69, 9.17) is 9.84 Å². The molecular formula is C21H34CaO3. The first-order chi connectivity index (χ1) is 11.8. The summed E-state index contributed by atoms with van der Waals surface area (Å²) in [6, 6.07) is 6.84. The van der Waals surface area contributed by atoms with E-state index in [1.54, 1.807) is 18.2 Å².